The zero-order valence-corrected chi connectivity index (χ0v) is 21.7. The number of carbonyl (C=O) groups is 2. The maximum Gasteiger partial charge on any atom is 0.323 e. The Kier molecular flexibility index (Phi) is 10.0. The zero-order chi connectivity index (χ0) is 26.8. The average Bonchev–Trinajstić information content (AvgIpc) is 3.35. The number of allylic oxidation sites excluding steroid dienone is 4. The van der Waals surface area contributed by atoms with Crippen LogP contribution in [0.15, 0.2) is 72.7 Å². The number of halogens is 1. The molecular weight excluding hydrogens is 471 g/mol. The molecule has 0 aromatic heterocycles. The smallest absolute Gasteiger partial charge is 0.323 e. The van der Waals surface area contributed by atoms with Crippen molar-refractivity contribution in [1.82, 2.24) is 15.5 Å². The number of anilines is 1. The van der Waals surface area contributed by atoms with Gasteiger partial charge in [0.1, 0.15) is 11.6 Å². The number of urea groups is 1. The van der Waals surface area contributed by atoms with Crippen LogP contribution in [0.3, 0.4) is 0 Å². The van der Waals surface area contributed by atoms with E-state index in [2.05, 4.69) is 27.4 Å². The third kappa shape index (κ3) is 8.61. The van der Waals surface area contributed by atoms with Crippen LogP contribution in [0, 0.1) is 13.8 Å². The first-order chi connectivity index (χ1) is 17.7. The number of likely N-dealkylation sites (tertiary alicyclic amines) is 1. The van der Waals surface area contributed by atoms with Gasteiger partial charge in [0.2, 0.25) is 0 Å². The summed E-state index contributed by atoms with van der Waals surface area (Å²) in [6.45, 7) is 12.4. The Morgan fingerprint density at radius 1 is 1.11 bits per heavy atom. The minimum absolute atomic E-state index is 0.222. The van der Waals surface area contributed by atoms with Gasteiger partial charge in [0.25, 0.3) is 5.91 Å². The van der Waals surface area contributed by atoms with Gasteiger partial charge in [-0.3, -0.25) is 4.79 Å². The van der Waals surface area contributed by atoms with Gasteiger partial charge in [-0.1, -0.05) is 18.7 Å². The van der Waals surface area contributed by atoms with Crippen molar-refractivity contribution in [2.24, 2.45) is 0 Å². The predicted molar refractivity (Wildman–Crippen MR) is 146 cm³/mol. The molecule has 3 N–H and O–H groups in total. The van der Waals surface area contributed by atoms with Crippen molar-refractivity contribution < 1.29 is 18.7 Å². The molecule has 7 nitrogen and oxygen atoms in total. The van der Waals surface area contributed by atoms with Crippen LogP contribution >= 0.6 is 0 Å². The fourth-order valence-corrected chi connectivity index (χ4v) is 3.96. The summed E-state index contributed by atoms with van der Waals surface area (Å²) < 4.78 is 19.4. The van der Waals surface area contributed by atoms with Crippen molar-refractivity contribution in [3.63, 3.8) is 0 Å². The lowest BCUT2D eigenvalue weighted by Crippen LogP contribution is -2.33. The SMILES string of the molecule is C=C(F)/C=C(\C=C/C)NC(=O)Nc1cc(C(=O)NCCN2CCCC2)ccc1Oc1ccc(C)c(C)c1. The number of nitrogens with one attached hydrogen (secondary N) is 3. The largest absolute Gasteiger partial charge is 0.455 e. The van der Waals surface area contributed by atoms with Crippen LogP contribution in [0.25, 0.3) is 0 Å². The van der Waals surface area contributed by atoms with Gasteiger partial charge >= 0.3 is 6.03 Å². The highest BCUT2D eigenvalue weighted by molar-refractivity contribution is 5.98. The van der Waals surface area contributed by atoms with Crippen LogP contribution in [-0.4, -0.2) is 43.0 Å². The molecule has 2 aromatic rings. The third-order valence-electron chi connectivity index (χ3n) is 6.02. The van der Waals surface area contributed by atoms with Crippen molar-refractivity contribution >= 4 is 17.6 Å². The van der Waals surface area contributed by atoms with Gasteiger partial charge in [-0.05, 0) is 100 Å². The highest BCUT2D eigenvalue weighted by atomic mass is 19.1. The summed E-state index contributed by atoms with van der Waals surface area (Å²) >= 11 is 0. The lowest BCUT2D eigenvalue weighted by Gasteiger charge is -2.17. The van der Waals surface area contributed by atoms with Crippen LogP contribution in [0.4, 0.5) is 14.9 Å². The number of aryl methyl sites for hydroxylation is 2. The lowest BCUT2D eigenvalue weighted by atomic mass is 10.1. The Morgan fingerprint density at radius 2 is 1.86 bits per heavy atom. The van der Waals surface area contributed by atoms with E-state index < -0.39 is 11.9 Å². The molecule has 1 saturated heterocycles. The monoisotopic (exact) mass is 506 g/mol. The number of hydrogen-bond donors (Lipinski definition) is 3. The Hall–Kier alpha value is -3.91. The summed E-state index contributed by atoms with van der Waals surface area (Å²) in [5.41, 5.74) is 3.09. The number of hydrogen-bond acceptors (Lipinski definition) is 4. The Bertz CT molecular complexity index is 1200. The molecule has 3 rings (SSSR count). The van der Waals surface area contributed by atoms with Gasteiger partial charge in [-0.25, -0.2) is 9.18 Å². The molecule has 0 saturated carbocycles. The first kappa shape index (κ1) is 27.7. The molecule has 2 aromatic carbocycles. The zero-order valence-electron chi connectivity index (χ0n) is 21.7. The molecule has 0 unspecified atom stereocenters. The molecule has 1 fully saturated rings. The minimum atomic E-state index is -0.695. The van der Waals surface area contributed by atoms with Crippen LogP contribution < -0.4 is 20.7 Å². The van der Waals surface area contributed by atoms with E-state index in [9.17, 15) is 14.0 Å². The van der Waals surface area contributed by atoms with Crippen LogP contribution in [0.1, 0.15) is 41.3 Å². The second-order valence-corrected chi connectivity index (χ2v) is 8.99. The van der Waals surface area contributed by atoms with E-state index in [-0.39, 0.29) is 11.6 Å². The first-order valence-corrected chi connectivity index (χ1v) is 12.4. The predicted octanol–water partition coefficient (Wildman–Crippen LogP) is 5.99. The molecular formula is C29H35FN4O3. The first-order valence-electron chi connectivity index (χ1n) is 12.4. The standard InChI is InChI=1S/C29H35FN4O3/c1-5-8-24(18-22(4)30)32-29(36)33-26-19-23(28(35)31-13-16-34-14-6-7-15-34)10-12-27(26)37-25-11-9-20(2)21(3)17-25/h5,8-12,17-19H,4,6-7,13-16H2,1-3H3,(H,31,35)(H2,32,33,36)/b8-5-,24-18+. The van der Waals surface area contributed by atoms with E-state index in [0.717, 1.165) is 36.8 Å². The second-order valence-electron chi connectivity index (χ2n) is 8.99. The van der Waals surface area contributed by atoms with E-state index in [1.165, 1.54) is 12.8 Å². The number of amides is 3. The number of ether oxygens (including phenoxy) is 1. The molecule has 0 aliphatic carbocycles. The number of rotatable bonds is 10. The molecule has 1 aliphatic rings. The van der Waals surface area contributed by atoms with E-state index in [1.54, 1.807) is 37.3 Å². The summed E-state index contributed by atoms with van der Waals surface area (Å²) in [4.78, 5) is 27.9. The van der Waals surface area contributed by atoms with Gasteiger partial charge in [0.05, 0.1) is 5.69 Å². The summed E-state index contributed by atoms with van der Waals surface area (Å²) in [5.74, 6) is 0.0134. The molecule has 0 bridgehead atoms. The van der Waals surface area contributed by atoms with E-state index in [0.29, 0.717) is 29.3 Å². The van der Waals surface area contributed by atoms with Gasteiger partial charge in [0, 0.05) is 24.4 Å². The highest BCUT2D eigenvalue weighted by Crippen LogP contribution is 2.31. The number of benzene rings is 2. The van der Waals surface area contributed by atoms with Crippen LogP contribution in [0.2, 0.25) is 0 Å². The van der Waals surface area contributed by atoms with E-state index >= 15 is 0 Å². The molecule has 37 heavy (non-hydrogen) atoms. The fraction of sp³-hybridized carbons (Fsp3) is 0.310. The average molecular weight is 507 g/mol. The number of carbonyl (C=O) groups excluding carboxylic acids is 2. The van der Waals surface area contributed by atoms with Crippen LogP contribution in [0.5, 0.6) is 11.5 Å². The molecule has 3 amide bonds. The fourth-order valence-electron chi connectivity index (χ4n) is 3.96. The summed E-state index contributed by atoms with van der Waals surface area (Å²) in [6, 6.07) is 9.93. The molecule has 1 heterocycles. The third-order valence-corrected chi connectivity index (χ3v) is 6.02. The Labute approximate surface area is 218 Å². The number of nitrogens with zero attached hydrogens (tertiary/aromatic N) is 1. The molecule has 0 atom stereocenters. The van der Waals surface area contributed by atoms with Crippen molar-refractivity contribution in [2.75, 3.05) is 31.5 Å². The molecule has 1 aliphatic heterocycles. The van der Waals surface area contributed by atoms with Crippen molar-refractivity contribution in [1.29, 1.82) is 0 Å². The van der Waals surface area contributed by atoms with E-state index in [4.69, 9.17) is 4.74 Å². The second kappa shape index (κ2) is 13.4. The molecule has 196 valence electrons. The van der Waals surface area contributed by atoms with Crippen molar-refractivity contribution in [3.05, 3.63) is 89.4 Å². The van der Waals surface area contributed by atoms with Crippen molar-refractivity contribution in [3.8, 4) is 11.5 Å². The summed E-state index contributed by atoms with van der Waals surface area (Å²) in [5, 5.41) is 8.25. The topological polar surface area (TPSA) is 82.7 Å². The Balaban J connectivity index is 1.80. The summed E-state index contributed by atoms with van der Waals surface area (Å²) in [6.07, 6.45) is 6.70. The molecule has 0 spiro atoms. The van der Waals surface area contributed by atoms with Gasteiger partial charge in [-0.15, -0.1) is 0 Å². The maximum absolute atomic E-state index is 13.3. The molecule has 0 radical (unpaired) electrons. The normalized spacial score (nSPS) is 14.0. The Morgan fingerprint density at radius 3 is 2.54 bits per heavy atom. The highest BCUT2D eigenvalue weighted by Gasteiger charge is 2.16. The van der Waals surface area contributed by atoms with Gasteiger partial charge in [-0.2, -0.15) is 0 Å². The van der Waals surface area contributed by atoms with Crippen molar-refractivity contribution in [2.45, 2.75) is 33.6 Å². The quantitative estimate of drug-likeness (QED) is 0.346. The lowest BCUT2D eigenvalue weighted by molar-refractivity contribution is 0.0949. The van der Waals surface area contributed by atoms with Gasteiger partial charge < -0.3 is 25.6 Å². The summed E-state index contributed by atoms with van der Waals surface area (Å²) in [7, 11) is 0. The van der Waals surface area contributed by atoms with E-state index in [1.807, 2.05) is 32.0 Å². The van der Waals surface area contributed by atoms with Crippen LogP contribution in [-0.2, 0) is 0 Å². The molecule has 8 heteroatoms. The minimum Gasteiger partial charge on any atom is -0.455 e. The van der Waals surface area contributed by atoms with Gasteiger partial charge in [0.15, 0.2) is 5.75 Å². The maximum atomic E-state index is 13.3.